The first-order valence-electron chi connectivity index (χ1n) is 7.80. The van der Waals surface area contributed by atoms with Crippen molar-refractivity contribution < 1.29 is 24.5 Å². The predicted molar refractivity (Wildman–Crippen MR) is 90.3 cm³/mol. The van der Waals surface area contributed by atoms with Gasteiger partial charge in [0.1, 0.15) is 5.75 Å². The van der Waals surface area contributed by atoms with Crippen molar-refractivity contribution in [3.05, 3.63) is 65.2 Å². The summed E-state index contributed by atoms with van der Waals surface area (Å²) >= 11 is 0. The minimum Gasteiger partial charge on any atom is -0.497 e. The Kier molecular flexibility index (Phi) is 6.35. The van der Waals surface area contributed by atoms with Crippen LogP contribution in [-0.2, 0) is 4.74 Å². The van der Waals surface area contributed by atoms with Crippen LogP contribution in [0.4, 0.5) is 0 Å². The van der Waals surface area contributed by atoms with Crippen LogP contribution in [0.5, 0.6) is 5.75 Å². The Morgan fingerprint density at radius 2 is 1.83 bits per heavy atom. The van der Waals surface area contributed by atoms with Crippen molar-refractivity contribution in [3.63, 3.8) is 0 Å². The van der Waals surface area contributed by atoms with E-state index in [1.165, 1.54) is 0 Å². The lowest BCUT2D eigenvalue weighted by molar-refractivity contribution is 0.0526. The number of benzene rings is 2. The first-order valence-corrected chi connectivity index (χ1v) is 7.80. The zero-order valence-corrected chi connectivity index (χ0v) is 13.8. The number of carbonyl (C=O) groups is 1. The molecule has 0 unspecified atom stereocenters. The van der Waals surface area contributed by atoms with Gasteiger partial charge in [-0.2, -0.15) is 0 Å². The first kappa shape index (κ1) is 18.0. The van der Waals surface area contributed by atoms with Crippen LogP contribution in [0, 0.1) is 0 Å². The van der Waals surface area contributed by atoms with Gasteiger partial charge in [-0.3, -0.25) is 0 Å². The molecule has 2 atom stereocenters. The molecule has 0 radical (unpaired) electrons. The van der Waals surface area contributed by atoms with Crippen LogP contribution < -0.4 is 4.74 Å². The third-order valence-corrected chi connectivity index (χ3v) is 3.81. The Hall–Kier alpha value is -2.37. The molecule has 0 bridgehead atoms. The van der Waals surface area contributed by atoms with Crippen molar-refractivity contribution in [1.29, 1.82) is 0 Å². The highest BCUT2D eigenvalue weighted by Gasteiger charge is 2.23. The number of methoxy groups -OCH3 is 1. The fraction of sp³-hybridized carbons (Fsp3) is 0.316. The molecular formula is C19H22O5. The molecular weight excluding hydrogens is 308 g/mol. The van der Waals surface area contributed by atoms with Crippen molar-refractivity contribution in [2.75, 3.05) is 20.3 Å². The fourth-order valence-corrected chi connectivity index (χ4v) is 2.62. The van der Waals surface area contributed by atoms with Crippen LogP contribution in [0.1, 0.15) is 34.3 Å². The van der Waals surface area contributed by atoms with Gasteiger partial charge in [0, 0.05) is 5.92 Å². The molecule has 2 aromatic carbocycles. The summed E-state index contributed by atoms with van der Waals surface area (Å²) in [6.07, 6.45) is -0.967. The van der Waals surface area contributed by atoms with Gasteiger partial charge in [0.05, 0.1) is 32.0 Å². The summed E-state index contributed by atoms with van der Waals surface area (Å²) < 4.78 is 10.2. The summed E-state index contributed by atoms with van der Waals surface area (Å²) in [5.74, 6) is -0.142. The summed E-state index contributed by atoms with van der Waals surface area (Å²) in [7, 11) is 1.57. The molecule has 0 aliphatic heterocycles. The summed E-state index contributed by atoms with van der Waals surface area (Å²) in [5.41, 5.74) is 2.06. The molecule has 5 heteroatoms. The van der Waals surface area contributed by atoms with Gasteiger partial charge in [0.15, 0.2) is 0 Å². The average molecular weight is 330 g/mol. The van der Waals surface area contributed by atoms with Crippen LogP contribution in [0.25, 0.3) is 0 Å². The van der Waals surface area contributed by atoms with Crippen LogP contribution in [0.15, 0.2) is 48.5 Å². The lowest BCUT2D eigenvalue weighted by Gasteiger charge is -2.23. The number of aliphatic hydroxyl groups is 2. The molecule has 2 aromatic rings. The molecule has 0 spiro atoms. The van der Waals surface area contributed by atoms with Gasteiger partial charge in [-0.05, 0) is 42.3 Å². The molecule has 0 fully saturated rings. The molecule has 5 nitrogen and oxygen atoms in total. The summed E-state index contributed by atoms with van der Waals surface area (Å²) in [5, 5.41) is 19.7. The molecule has 24 heavy (non-hydrogen) atoms. The molecule has 0 aromatic heterocycles. The van der Waals surface area contributed by atoms with E-state index in [0.717, 1.165) is 11.1 Å². The van der Waals surface area contributed by atoms with E-state index in [1.807, 2.05) is 24.3 Å². The molecule has 2 rings (SSSR count). The first-order chi connectivity index (χ1) is 11.6. The second kappa shape index (κ2) is 8.47. The maximum Gasteiger partial charge on any atom is 0.338 e. The van der Waals surface area contributed by atoms with Gasteiger partial charge in [0.2, 0.25) is 0 Å². The van der Waals surface area contributed by atoms with Gasteiger partial charge in [-0.15, -0.1) is 0 Å². The third kappa shape index (κ3) is 4.13. The van der Waals surface area contributed by atoms with E-state index in [2.05, 4.69) is 0 Å². The maximum atomic E-state index is 11.7. The van der Waals surface area contributed by atoms with E-state index >= 15 is 0 Å². The molecule has 0 aliphatic rings. The second-order valence-corrected chi connectivity index (χ2v) is 5.35. The topological polar surface area (TPSA) is 76.0 Å². The standard InChI is InChI=1S/C19H22O5/c1-3-24-19(22)14-9-7-13(8-10-14)18(17(21)12-20)15-5-4-6-16(11-15)23-2/h4-11,17-18,20-21H,3,12H2,1-2H3/t17-,18-/m1/s1. The second-order valence-electron chi connectivity index (χ2n) is 5.35. The van der Waals surface area contributed by atoms with Crippen LogP contribution in [-0.4, -0.2) is 42.6 Å². The predicted octanol–water partition coefficient (Wildman–Crippen LogP) is 2.36. The van der Waals surface area contributed by atoms with Gasteiger partial charge in [-0.1, -0.05) is 24.3 Å². The molecule has 2 N–H and O–H groups in total. The smallest absolute Gasteiger partial charge is 0.338 e. The number of hydrogen-bond acceptors (Lipinski definition) is 5. The monoisotopic (exact) mass is 330 g/mol. The van der Waals surface area contributed by atoms with E-state index in [0.29, 0.717) is 17.9 Å². The zero-order valence-electron chi connectivity index (χ0n) is 13.8. The van der Waals surface area contributed by atoms with E-state index in [9.17, 15) is 15.0 Å². The molecule has 128 valence electrons. The van der Waals surface area contributed by atoms with Crippen LogP contribution in [0.2, 0.25) is 0 Å². The van der Waals surface area contributed by atoms with Gasteiger partial charge >= 0.3 is 5.97 Å². The Morgan fingerprint density at radius 3 is 2.42 bits per heavy atom. The summed E-state index contributed by atoms with van der Waals surface area (Å²) in [4.78, 5) is 11.7. The van der Waals surface area contributed by atoms with E-state index in [4.69, 9.17) is 9.47 Å². The molecule has 0 heterocycles. The average Bonchev–Trinajstić information content (AvgIpc) is 2.62. The lowest BCUT2D eigenvalue weighted by Crippen LogP contribution is -2.23. The Labute approximate surface area is 141 Å². The van der Waals surface area contributed by atoms with Crippen molar-refractivity contribution in [2.24, 2.45) is 0 Å². The van der Waals surface area contributed by atoms with Crippen molar-refractivity contribution in [3.8, 4) is 5.75 Å². The van der Waals surface area contributed by atoms with Crippen molar-refractivity contribution in [1.82, 2.24) is 0 Å². The highest BCUT2D eigenvalue weighted by atomic mass is 16.5. The Morgan fingerprint density at radius 1 is 1.12 bits per heavy atom. The number of hydrogen-bond donors (Lipinski definition) is 2. The molecule has 0 aliphatic carbocycles. The third-order valence-electron chi connectivity index (χ3n) is 3.81. The van der Waals surface area contributed by atoms with Crippen LogP contribution >= 0.6 is 0 Å². The fourth-order valence-electron chi connectivity index (χ4n) is 2.62. The zero-order chi connectivity index (χ0) is 17.5. The molecule has 0 saturated carbocycles. The summed E-state index contributed by atoms with van der Waals surface area (Å²) in [6.45, 7) is 1.69. The molecule has 0 saturated heterocycles. The number of rotatable bonds is 7. The lowest BCUT2D eigenvalue weighted by atomic mass is 9.86. The number of carbonyl (C=O) groups excluding carboxylic acids is 1. The normalized spacial score (nSPS) is 13.2. The number of esters is 1. The van der Waals surface area contributed by atoms with Crippen molar-refractivity contribution in [2.45, 2.75) is 18.9 Å². The van der Waals surface area contributed by atoms with E-state index < -0.39 is 12.0 Å². The number of aliphatic hydroxyl groups excluding tert-OH is 2. The highest BCUT2D eigenvalue weighted by molar-refractivity contribution is 5.89. The van der Waals surface area contributed by atoms with Gasteiger partial charge in [0.25, 0.3) is 0 Å². The maximum absolute atomic E-state index is 11.7. The minimum atomic E-state index is -0.967. The SMILES string of the molecule is CCOC(=O)c1ccc([C@H](c2cccc(OC)c2)[C@H](O)CO)cc1. The quantitative estimate of drug-likeness (QED) is 0.762. The van der Waals surface area contributed by atoms with E-state index in [1.54, 1.807) is 38.3 Å². The summed E-state index contributed by atoms with van der Waals surface area (Å²) in [6, 6.07) is 14.2. The Balaban J connectivity index is 2.36. The van der Waals surface area contributed by atoms with E-state index in [-0.39, 0.29) is 12.6 Å². The minimum absolute atomic E-state index is 0.316. The van der Waals surface area contributed by atoms with Crippen molar-refractivity contribution >= 4 is 5.97 Å². The Bertz CT molecular complexity index is 666. The van der Waals surface area contributed by atoms with Gasteiger partial charge < -0.3 is 19.7 Å². The molecule has 0 amide bonds. The number of ether oxygens (including phenoxy) is 2. The van der Waals surface area contributed by atoms with Crippen LogP contribution in [0.3, 0.4) is 0 Å². The van der Waals surface area contributed by atoms with Gasteiger partial charge in [-0.25, -0.2) is 4.79 Å². The largest absolute Gasteiger partial charge is 0.497 e. The highest BCUT2D eigenvalue weighted by Crippen LogP contribution is 2.30.